The third kappa shape index (κ3) is 4.07. The molecule has 0 spiro atoms. The summed E-state index contributed by atoms with van der Waals surface area (Å²) >= 11 is 0. The minimum atomic E-state index is -0.481. The Kier molecular flexibility index (Phi) is 4.76. The van der Waals surface area contributed by atoms with Gasteiger partial charge in [0.25, 0.3) is 5.69 Å². The number of hydrogen-bond donors (Lipinski definition) is 0. The zero-order chi connectivity index (χ0) is 18.9. The Hall–Kier alpha value is -2.77. The highest BCUT2D eigenvalue weighted by atomic mass is 16.6. The van der Waals surface area contributed by atoms with E-state index >= 15 is 0 Å². The van der Waals surface area contributed by atoms with E-state index in [0.29, 0.717) is 24.2 Å². The molecule has 8 nitrogen and oxygen atoms in total. The number of aromatic nitrogens is 2. The molecule has 0 saturated carbocycles. The predicted octanol–water partition coefficient (Wildman–Crippen LogP) is 3.10. The summed E-state index contributed by atoms with van der Waals surface area (Å²) in [7, 11) is 0. The SMILES string of the molecule is CC(C)(C)OC(=O)C[C@@H]1CCN(c2nncc3cc([N+](=O)[O-])ccc23)C1. The van der Waals surface area contributed by atoms with Crippen molar-refractivity contribution in [3.63, 3.8) is 0 Å². The van der Waals surface area contributed by atoms with E-state index in [1.807, 2.05) is 20.8 Å². The first kappa shape index (κ1) is 18.0. The summed E-state index contributed by atoms with van der Waals surface area (Å²) in [6.07, 6.45) is 2.77. The summed E-state index contributed by atoms with van der Waals surface area (Å²) < 4.78 is 5.40. The Balaban J connectivity index is 1.74. The molecule has 1 saturated heterocycles. The van der Waals surface area contributed by atoms with E-state index in [2.05, 4.69) is 15.1 Å². The van der Waals surface area contributed by atoms with Gasteiger partial charge >= 0.3 is 5.97 Å². The van der Waals surface area contributed by atoms with Gasteiger partial charge in [0.1, 0.15) is 5.60 Å². The van der Waals surface area contributed by atoms with Crippen LogP contribution in [0.5, 0.6) is 0 Å². The van der Waals surface area contributed by atoms with Gasteiger partial charge in [-0.1, -0.05) is 0 Å². The van der Waals surface area contributed by atoms with Crippen LogP contribution in [0, 0.1) is 16.0 Å². The minimum absolute atomic E-state index is 0.0284. The molecule has 0 aliphatic carbocycles. The molecule has 0 radical (unpaired) electrons. The maximum atomic E-state index is 12.0. The maximum absolute atomic E-state index is 12.0. The van der Waals surface area contributed by atoms with Gasteiger partial charge in [0, 0.05) is 36.0 Å². The summed E-state index contributed by atoms with van der Waals surface area (Å²) in [6, 6.07) is 4.68. The largest absolute Gasteiger partial charge is 0.460 e. The lowest BCUT2D eigenvalue weighted by Crippen LogP contribution is -2.26. The highest BCUT2D eigenvalue weighted by molar-refractivity contribution is 5.93. The lowest BCUT2D eigenvalue weighted by atomic mass is 10.1. The fourth-order valence-corrected chi connectivity index (χ4v) is 3.22. The van der Waals surface area contributed by atoms with E-state index in [-0.39, 0.29) is 17.6 Å². The van der Waals surface area contributed by atoms with Gasteiger partial charge in [0.2, 0.25) is 0 Å². The average molecular weight is 358 g/mol. The monoisotopic (exact) mass is 358 g/mol. The number of hydrogen-bond acceptors (Lipinski definition) is 7. The molecule has 3 rings (SSSR count). The molecule has 8 heteroatoms. The minimum Gasteiger partial charge on any atom is -0.460 e. The molecule has 1 atom stereocenters. The first-order valence-corrected chi connectivity index (χ1v) is 8.59. The third-order valence-electron chi connectivity index (χ3n) is 4.30. The Bertz CT molecular complexity index is 847. The molecular weight excluding hydrogens is 336 g/mol. The van der Waals surface area contributed by atoms with Crippen molar-refractivity contribution in [3.8, 4) is 0 Å². The second kappa shape index (κ2) is 6.86. The number of nitro benzene ring substituents is 1. The van der Waals surface area contributed by atoms with Gasteiger partial charge in [-0.25, -0.2) is 0 Å². The van der Waals surface area contributed by atoms with Crippen LogP contribution in [-0.2, 0) is 9.53 Å². The number of nitro groups is 1. The van der Waals surface area contributed by atoms with Crippen molar-refractivity contribution in [2.75, 3.05) is 18.0 Å². The number of fused-ring (bicyclic) bond motifs is 1. The van der Waals surface area contributed by atoms with Gasteiger partial charge < -0.3 is 9.64 Å². The van der Waals surface area contributed by atoms with Crippen molar-refractivity contribution in [2.45, 2.75) is 39.2 Å². The molecule has 1 aromatic carbocycles. The fourth-order valence-electron chi connectivity index (χ4n) is 3.22. The zero-order valence-corrected chi connectivity index (χ0v) is 15.1. The van der Waals surface area contributed by atoms with Crippen molar-refractivity contribution < 1.29 is 14.5 Å². The number of benzene rings is 1. The van der Waals surface area contributed by atoms with Gasteiger partial charge in [0.15, 0.2) is 5.82 Å². The standard InChI is InChI=1S/C18H22N4O4/c1-18(2,3)26-16(23)8-12-6-7-21(11-12)17-15-5-4-14(22(24)25)9-13(15)10-19-20-17/h4-5,9-10,12H,6-8,11H2,1-3H3/t12-/m0/s1. The Morgan fingerprint density at radius 3 is 2.88 bits per heavy atom. The van der Waals surface area contributed by atoms with Crippen LogP contribution in [0.1, 0.15) is 33.6 Å². The highest BCUT2D eigenvalue weighted by Crippen LogP contribution is 2.31. The van der Waals surface area contributed by atoms with Gasteiger partial charge in [-0.05, 0) is 39.2 Å². The summed E-state index contributed by atoms with van der Waals surface area (Å²) in [4.78, 5) is 24.6. The Labute approximate surface area is 151 Å². The number of ether oxygens (including phenoxy) is 1. The molecule has 1 aliphatic rings. The van der Waals surface area contributed by atoms with E-state index in [1.165, 1.54) is 18.3 Å². The second-order valence-corrected chi connectivity index (χ2v) is 7.59. The summed E-state index contributed by atoms with van der Waals surface area (Å²) in [5.41, 5.74) is -0.453. The van der Waals surface area contributed by atoms with E-state index in [0.717, 1.165) is 18.4 Å². The van der Waals surface area contributed by atoms with Crippen LogP contribution in [0.4, 0.5) is 11.5 Å². The van der Waals surface area contributed by atoms with Crippen LogP contribution >= 0.6 is 0 Å². The van der Waals surface area contributed by atoms with Gasteiger partial charge in [-0.15, -0.1) is 5.10 Å². The van der Waals surface area contributed by atoms with Crippen LogP contribution in [0.25, 0.3) is 10.8 Å². The van der Waals surface area contributed by atoms with Crippen LogP contribution in [-0.4, -0.2) is 39.8 Å². The van der Waals surface area contributed by atoms with Crippen molar-refractivity contribution in [2.24, 2.45) is 5.92 Å². The second-order valence-electron chi connectivity index (χ2n) is 7.59. The van der Waals surface area contributed by atoms with E-state index in [4.69, 9.17) is 4.74 Å². The normalized spacial score (nSPS) is 17.5. The van der Waals surface area contributed by atoms with E-state index < -0.39 is 10.5 Å². The summed E-state index contributed by atoms with van der Waals surface area (Å²) in [6.45, 7) is 7.02. The Morgan fingerprint density at radius 2 is 2.19 bits per heavy atom. The van der Waals surface area contributed by atoms with Crippen molar-refractivity contribution in [3.05, 3.63) is 34.5 Å². The fraction of sp³-hybridized carbons (Fsp3) is 0.500. The average Bonchev–Trinajstić information content (AvgIpc) is 2.99. The van der Waals surface area contributed by atoms with Crippen LogP contribution in [0.15, 0.2) is 24.4 Å². The molecular formula is C18H22N4O4. The van der Waals surface area contributed by atoms with Crippen molar-refractivity contribution in [1.29, 1.82) is 0 Å². The van der Waals surface area contributed by atoms with Gasteiger partial charge in [-0.3, -0.25) is 14.9 Å². The number of anilines is 1. The van der Waals surface area contributed by atoms with Gasteiger partial charge in [0.05, 0.1) is 17.5 Å². The molecule has 0 unspecified atom stereocenters. The first-order valence-electron chi connectivity index (χ1n) is 8.59. The summed E-state index contributed by atoms with van der Waals surface area (Å²) in [5.74, 6) is 0.702. The number of non-ortho nitro benzene ring substituents is 1. The molecule has 26 heavy (non-hydrogen) atoms. The molecule has 1 aromatic heterocycles. The summed E-state index contributed by atoms with van der Waals surface area (Å²) in [5, 5.41) is 20.7. The molecule has 0 amide bonds. The molecule has 138 valence electrons. The van der Waals surface area contributed by atoms with Gasteiger partial charge in [-0.2, -0.15) is 5.10 Å². The number of carbonyl (C=O) groups excluding carboxylic acids is 1. The predicted molar refractivity (Wildman–Crippen MR) is 97.0 cm³/mol. The highest BCUT2D eigenvalue weighted by Gasteiger charge is 2.28. The molecule has 1 aliphatic heterocycles. The molecule has 2 heterocycles. The van der Waals surface area contributed by atoms with Crippen LogP contribution < -0.4 is 4.90 Å². The lowest BCUT2D eigenvalue weighted by molar-refractivity contribution is -0.384. The molecule has 2 aromatic rings. The third-order valence-corrected chi connectivity index (χ3v) is 4.30. The first-order chi connectivity index (χ1) is 12.2. The molecule has 0 N–H and O–H groups in total. The van der Waals surface area contributed by atoms with E-state index in [9.17, 15) is 14.9 Å². The number of carbonyl (C=O) groups is 1. The topological polar surface area (TPSA) is 98.5 Å². The quantitative estimate of drug-likeness (QED) is 0.470. The Morgan fingerprint density at radius 1 is 1.42 bits per heavy atom. The number of esters is 1. The zero-order valence-electron chi connectivity index (χ0n) is 15.1. The lowest BCUT2D eigenvalue weighted by Gasteiger charge is -2.21. The molecule has 1 fully saturated rings. The maximum Gasteiger partial charge on any atom is 0.306 e. The van der Waals surface area contributed by atoms with Crippen LogP contribution in [0.3, 0.4) is 0 Å². The molecule has 0 bridgehead atoms. The number of rotatable bonds is 4. The smallest absolute Gasteiger partial charge is 0.306 e. The van der Waals surface area contributed by atoms with Crippen molar-refractivity contribution >= 4 is 28.2 Å². The van der Waals surface area contributed by atoms with Crippen LogP contribution in [0.2, 0.25) is 0 Å². The van der Waals surface area contributed by atoms with Crippen molar-refractivity contribution in [1.82, 2.24) is 10.2 Å². The number of nitrogens with zero attached hydrogens (tertiary/aromatic N) is 4. The van der Waals surface area contributed by atoms with E-state index in [1.54, 1.807) is 6.07 Å².